The monoisotopic (exact) mass is 217 g/mol. The van der Waals surface area contributed by atoms with Gasteiger partial charge in [-0.05, 0) is 29.7 Å². The first-order valence-electron chi connectivity index (χ1n) is 4.82. The number of fused-ring (bicyclic) bond motifs is 1. The molecule has 2 rings (SSSR count). The highest BCUT2D eigenvalue weighted by atomic mass is 16.6. The second-order valence-corrected chi connectivity index (χ2v) is 3.30. The summed E-state index contributed by atoms with van der Waals surface area (Å²) < 4.78 is 5.08. The number of benzene rings is 2. The van der Waals surface area contributed by atoms with Gasteiger partial charge < -0.3 is 15.2 Å². The predicted molar refractivity (Wildman–Crippen MR) is 60.7 cm³/mol. The summed E-state index contributed by atoms with van der Waals surface area (Å²) in [5.41, 5.74) is 0. The Morgan fingerprint density at radius 3 is 2.88 bits per heavy atom. The lowest BCUT2D eigenvalue weighted by atomic mass is 10.1. The van der Waals surface area contributed by atoms with Crippen molar-refractivity contribution >= 4 is 16.9 Å². The highest BCUT2D eigenvalue weighted by molar-refractivity contribution is 5.91. The van der Waals surface area contributed by atoms with Gasteiger partial charge in [-0.15, -0.1) is 0 Å². The van der Waals surface area contributed by atoms with Gasteiger partial charge in [0.1, 0.15) is 11.5 Å². The number of rotatable bonds is 1. The number of phenolic OH excluding ortho intramolecular Hbond substituents is 1. The summed E-state index contributed by atoms with van der Waals surface area (Å²) in [6.45, 7) is 0. The first-order chi connectivity index (χ1) is 7.70. The van der Waals surface area contributed by atoms with Crippen LogP contribution >= 0.6 is 0 Å². The normalized spacial score (nSPS) is 10.1. The molecule has 1 amide bonds. The molecule has 0 heterocycles. The van der Waals surface area contributed by atoms with Crippen LogP contribution < -0.4 is 10.1 Å². The minimum absolute atomic E-state index is 0.185. The van der Waals surface area contributed by atoms with Crippen LogP contribution in [0, 0.1) is 0 Å². The van der Waals surface area contributed by atoms with Crippen molar-refractivity contribution in [3.8, 4) is 11.5 Å². The Morgan fingerprint density at radius 2 is 2.12 bits per heavy atom. The predicted octanol–water partition coefficient (Wildman–Crippen LogP) is 2.26. The molecule has 0 spiro atoms. The number of phenols is 1. The van der Waals surface area contributed by atoms with E-state index in [9.17, 15) is 9.90 Å². The first-order valence-corrected chi connectivity index (χ1v) is 4.82. The molecule has 2 aromatic rings. The molecular weight excluding hydrogens is 206 g/mol. The number of aromatic hydroxyl groups is 1. The third-order valence-electron chi connectivity index (χ3n) is 2.23. The number of carbonyl (C=O) groups excluding carboxylic acids is 1. The Balaban J connectivity index is 2.49. The van der Waals surface area contributed by atoms with Crippen molar-refractivity contribution in [2.45, 2.75) is 0 Å². The van der Waals surface area contributed by atoms with Gasteiger partial charge in [0.25, 0.3) is 0 Å². The smallest absolute Gasteiger partial charge is 0.412 e. The van der Waals surface area contributed by atoms with Gasteiger partial charge in [-0.3, -0.25) is 0 Å². The maximum absolute atomic E-state index is 11.1. The van der Waals surface area contributed by atoms with Crippen LogP contribution in [0.5, 0.6) is 11.5 Å². The van der Waals surface area contributed by atoms with Crippen molar-refractivity contribution in [3.63, 3.8) is 0 Å². The Hall–Kier alpha value is -2.23. The molecule has 0 aromatic heterocycles. The van der Waals surface area contributed by atoms with E-state index >= 15 is 0 Å². The Morgan fingerprint density at radius 1 is 1.31 bits per heavy atom. The van der Waals surface area contributed by atoms with Crippen LogP contribution in [0.1, 0.15) is 0 Å². The van der Waals surface area contributed by atoms with Crippen molar-refractivity contribution in [3.05, 3.63) is 36.4 Å². The van der Waals surface area contributed by atoms with E-state index in [1.54, 1.807) is 30.3 Å². The van der Waals surface area contributed by atoms with Gasteiger partial charge in [0.15, 0.2) is 0 Å². The summed E-state index contributed by atoms with van der Waals surface area (Å²) in [5, 5.41) is 13.3. The molecule has 2 N–H and O–H groups in total. The molecule has 0 saturated carbocycles. The summed E-state index contributed by atoms with van der Waals surface area (Å²) in [7, 11) is 1.50. The third-order valence-corrected chi connectivity index (χ3v) is 2.23. The maximum atomic E-state index is 11.1. The third kappa shape index (κ3) is 1.91. The molecule has 0 fully saturated rings. The standard InChI is InChI=1S/C12H11NO3/c1-13-12(15)16-11-4-2-3-8-7-9(14)5-6-10(8)11/h2-7,14H,1H3,(H,13,15). The molecule has 0 radical (unpaired) electrons. The quantitative estimate of drug-likeness (QED) is 0.770. The molecule has 0 unspecified atom stereocenters. The van der Waals surface area contributed by atoms with Crippen molar-refractivity contribution in [1.29, 1.82) is 0 Å². The molecule has 0 aliphatic carbocycles. The molecule has 4 nitrogen and oxygen atoms in total. The van der Waals surface area contributed by atoms with Crippen LogP contribution in [0.4, 0.5) is 4.79 Å². The van der Waals surface area contributed by atoms with Gasteiger partial charge in [-0.1, -0.05) is 12.1 Å². The summed E-state index contributed by atoms with van der Waals surface area (Å²) in [5.74, 6) is 0.654. The zero-order valence-electron chi connectivity index (χ0n) is 8.73. The Kier molecular flexibility index (Phi) is 2.64. The molecule has 0 saturated heterocycles. The van der Waals surface area contributed by atoms with E-state index < -0.39 is 6.09 Å². The lowest BCUT2D eigenvalue weighted by molar-refractivity contribution is 0.203. The largest absolute Gasteiger partial charge is 0.508 e. The van der Waals surface area contributed by atoms with Crippen LogP contribution in [0.2, 0.25) is 0 Å². The number of hydrogen-bond donors (Lipinski definition) is 2. The molecule has 82 valence electrons. The zero-order chi connectivity index (χ0) is 11.5. The Bertz CT molecular complexity index is 537. The van der Waals surface area contributed by atoms with E-state index in [1.165, 1.54) is 7.05 Å². The molecule has 2 aromatic carbocycles. The van der Waals surface area contributed by atoms with Crippen LogP contribution in [-0.2, 0) is 0 Å². The minimum Gasteiger partial charge on any atom is -0.508 e. The van der Waals surface area contributed by atoms with Gasteiger partial charge in [-0.25, -0.2) is 4.79 Å². The molecule has 16 heavy (non-hydrogen) atoms. The van der Waals surface area contributed by atoms with Gasteiger partial charge in [0, 0.05) is 12.4 Å². The molecule has 0 aliphatic rings. The van der Waals surface area contributed by atoms with E-state index in [4.69, 9.17) is 4.74 Å². The zero-order valence-corrected chi connectivity index (χ0v) is 8.73. The highest BCUT2D eigenvalue weighted by Crippen LogP contribution is 2.28. The molecule has 0 bridgehead atoms. The lowest BCUT2D eigenvalue weighted by Gasteiger charge is -2.07. The van der Waals surface area contributed by atoms with Crippen molar-refractivity contribution < 1.29 is 14.6 Å². The fourth-order valence-corrected chi connectivity index (χ4v) is 1.48. The van der Waals surface area contributed by atoms with Gasteiger partial charge >= 0.3 is 6.09 Å². The number of hydrogen-bond acceptors (Lipinski definition) is 3. The maximum Gasteiger partial charge on any atom is 0.412 e. The summed E-state index contributed by atoms with van der Waals surface area (Å²) in [6.07, 6.45) is -0.513. The fourth-order valence-electron chi connectivity index (χ4n) is 1.48. The summed E-state index contributed by atoms with van der Waals surface area (Å²) in [4.78, 5) is 11.1. The molecule has 0 aliphatic heterocycles. The number of amides is 1. The average Bonchev–Trinajstić information content (AvgIpc) is 2.28. The number of nitrogens with one attached hydrogen (secondary N) is 1. The summed E-state index contributed by atoms with van der Waals surface area (Å²) in [6, 6.07) is 10.2. The topological polar surface area (TPSA) is 58.6 Å². The summed E-state index contributed by atoms with van der Waals surface area (Å²) >= 11 is 0. The average molecular weight is 217 g/mol. The van der Waals surface area contributed by atoms with E-state index in [-0.39, 0.29) is 5.75 Å². The number of ether oxygens (including phenoxy) is 1. The molecule has 4 heteroatoms. The SMILES string of the molecule is CNC(=O)Oc1cccc2cc(O)ccc12. The van der Waals surface area contributed by atoms with Crippen LogP contribution in [0.25, 0.3) is 10.8 Å². The van der Waals surface area contributed by atoms with Gasteiger partial charge in [0.2, 0.25) is 0 Å². The lowest BCUT2D eigenvalue weighted by Crippen LogP contribution is -2.22. The van der Waals surface area contributed by atoms with Crippen molar-refractivity contribution in [2.24, 2.45) is 0 Å². The Labute approximate surface area is 92.5 Å². The van der Waals surface area contributed by atoms with E-state index in [0.29, 0.717) is 5.75 Å². The minimum atomic E-state index is -0.513. The van der Waals surface area contributed by atoms with E-state index in [0.717, 1.165) is 10.8 Å². The molecule has 0 atom stereocenters. The van der Waals surface area contributed by atoms with Crippen molar-refractivity contribution in [1.82, 2.24) is 5.32 Å². The fraction of sp³-hybridized carbons (Fsp3) is 0.0833. The van der Waals surface area contributed by atoms with Crippen molar-refractivity contribution in [2.75, 3.05) is 7.05 Å². The highest BCUT2D eigenvalue weighted by Gasteiger charge is 2.06. The van der Waals surface area contributed by atoms with Crippen LogP contribution in [-0.4, -0.2) is 18.2 Å². The second-order valence-electron chi connectivity index (χ2n) is 3.30. The number of carbonyl (C=O) groups is 1. The molecular formula is C12H11NO3. The van der Waals surface area contributed by atoms with Crippen LogP contribution in [0.3, 0.4) is 0 Å². The van der Waals surface area contributed by atoms with Gasteiger partial charge in [0.05, 0.1) is 0 Å². The van der Waals surface area contributed by atoms with Crippen LogP contribution in [0.15, 0.2) is 36.4 Å². The first kappa shape index (κ1) is 10.3. The second kappa shape index (κ2) is 4.10. The van der Waals surface area contributed by atoms with E-state index in [1.807, 2.05) is 6.07 Å². The van der Waals surface area contributed by atoms with Gasteiger partial charge in [-0.2, -0.15) is 0 Å². The van der Waals surface area contributed by atoms with E-state index in [2.05, 4.69) is 5.32 Å².